The van der Waals surface area contributed by atoms with Crippen molar-refractivity contribution in [2.75, 3.05) is 0 Å². The maximum Gasteiger partial charge on any atom is 0.255 e. The van der Waals surface area contributed by atoms with Gasteiger partial charge in [0.05, 0.1) is 5.69 Å². The van der Waals surface area contributed by atoms with Gasteiger partial charge in [-0.05, 0) is 23.3 Å². The molecule has 3 heteroatoms. The van der Waals surface area contributed by atoms with Crippen LogP contribution in [0.15, 0.2) is 114 Å². The molecule has 4 aromatic rings. The number of nitrogens with zero attached hydrogens (tertiary/aromatic N) is 1. The fourth-order valence-electron chi connectivity index (χ4n) is 3.45. The van der Waals surface area contributed by atoms with Crippen LogP contribution in [-0.4, -0.2) is 9.67 Å². The highest BCUT2D eigenvalue weighted by atomic mass is 16.3. The zero-order chi connectivity index (χ0) is 18.7. The second-order valence-corrected chi connectivity index (χ2v) is 6.37. The maximum absolute atomic E-state index is 12.5. The van der Waals surface area contributed by atoms with Gasteiger partial charge in [-0.1, -0.05) is 84.9 Å². The van der Waals surface area contributed by atoms with Crippen LogP contribution in [0.1, 0.15) is 16.7 Å². The smallest absolute Gasteiger partial charge is 0.255 e. The summed E-state index contributed by atoms with van der Waals surface area (Å²) in [7, 11) is 0. The highest BCUT2D eigenvalue weighted by Crippen LogP contribution is 2.39. The Morgan fingerprint density at radius 1 is 0.630 bits per heavy atom. The Labute approximate surface area is 157 Å². The molecule has 3 nitrogen and oxygen atoms in total. The van der Waals surface area contributed by atoms with Crippen molar-refractivity contribution < 1.29 is 5.11 Å². The van der Waals surface area contributed by atoms with Crippen molar-refractivity contribution in [3.8, 4) is 5.69 Å². The summed E-state index contributed by atoms with van der Waals surface area (Å²) >= 11 is 0. The summed E-state index contributed by atoms with van der Waals surface area (Å²) in [5, 5.41) is 12.0. The van der Waals surface area contributed by atoms with Gasteiger partial charge in [0.15, 0.2) is 0 Å². The largest absolute Gasteiger partial charge is 0.376 e. The normalized spacial score (nSPS) is 11.3. The molecule has 0 aliphatic carbocycles. The lowest BCUT2D eigenvalue weighted by atomic mass is 9.79. The number of hydrogen-bond donors (Lipinski definition) is 1. The van der Waals surface area contributed by atoms with Gasteiger partial charge < -0.3 is 5.11 Å². The SMILES string of the molecule is O=c1ccccn1-c1ccccc1C(O)(c1ccccc1)c1ccccc1. The fourth-order valence-corrected chi connectivity index (χ4v) is 3.45. The van der Waals surface area contributed by atoms with E-state index < -0.39 is 5.60 Å². The van der Waals surface area contributed by atoms with Crippen LogP contribution < -0.4 is 5.56 Å². The standard InChI is InChI=1S/C24H19NO2/c26-23-17-9-10-18-25(23)22-16-8-7-15-21(22)24(27,19-11-3-1-4-12-19)20-13-5-2-6-14-20/h1-18,27H. The van der Waals surface area contributed by atoms with Gasteiger partial charge in [0.25, 0.3) is 5.56 Å². The van der Waals surface area contributed by atoms with Crippen LogP contribution in [0.2, 0.25) is 0 Å². The van der Waals surface area contributed by atoms with Crippen molar-refractivity contribution in [1.29, 1.82) is 0 Å². The Hall–Kier alpha value is -3.43. The van der Waals surface area contributed by atoms with E-state index in [-0.39, 0.29) is 5.56 Å². The molecule has 0 saturated heterocycles. The van der Waals surface area contributed by atoms with Crippen LogP contribution >= 0.6 is 0 Å². The van der Waals surface area contributed by atoms with Crippen molar-refractivity contribution in [1.82, 2.24) is 4.57 Å². The molecule has 0 amide bonds. The van der Waals surface area contributed by atoms with Gasteiger partial charge in [-0.25, -0.2) is 0 Å². The van der Waals surface area contributed by atoms with Gasteiger partial charge in [-0.15, -0.1) is 0 Å². The van der Waals surface area contributed by atoms with E-state index in [2.05, 4.69) is 0 Å². The number of para-hydroxylation sites is 1. The first kappa shape index (κ1) is 17.0. The van der Waals surface area contributed by atoms with E-state index in [0.29, 0.717) is 11.3 Å². The van der Waals surface area contributed by atoms with Crippen molar-refractivity contribution in [3.63, 3.8) is 0 Å². The van der Waals surface area contributed by atoms with Gasteiger partial charge in [0.2, 0.25) is 0 Å². The van der Waals surface area contributed by atoms with Crippen molar-refractivity contribution in [3.05, 3.63) is 136 Å². The first-order chi connectivity index (χ1) is 13.2. The summed E-state index contributed by atoms with van der Waals surface area (Å²) in [5.41, 5.74) is 1.25. The highest BCUT2D eigenvalue weighted by molar-refractivity contribution is 5.55. The summed E-state index contributed by atoms with van der Waals surface area (Å²) in [6.45, 7) is 0. The lowest BCUT2D eigenvalue weighted by Gasteiger charge is -2.32. The molecule has 0 bridgehead atoms. The molecule has 0 saturated carbocycles. The monoisotopic (exact) mass is 353 g/mol. The minimum absolute atomic E-state index is 0.145. The summed E-state index contributed by atoms with van der Waals surface area (Å²) < 4.78 is 1.56. The molecule has 3 aromatic carbocycles. The van der Waals surface area contributed by atoms with E-state index in [4.69, 9.17) is 0 Å². The maximum atomic E-state index is 12.5. The summed E-state index contributed by atoms with van der Waals surface area (Å²) in [6, 6.07) is 31.6. The first-order valence-electron chi connectivity index (χ1n) is 8.82. The van der Waals surface area contributed by atoms with Crippen molar-refractivity contribution in [2.45, 2.75) is 5.60 Å². The van der Waals surface area contributed by atoms with Crippen LogP contribution in [0, 0.1) is 0 Å². The molecule has 0 aliphatic rings. The van der Waals surface area contributed by atoms with Crippen molar-refractivity contribution >= 4 is 0 Å². The summed E-state index contributed by atoms with van der Waals surface area (Å²) in [5.74, 6) is 0. The van der Waals surface area contributed by atoms with Crippen LogP contribution in [0.5, 0.6) is 0 Å². The van der Waals surface area contributed by atoms with Crippen molar-refractivity contribution in [2.24, 2.45) is 0 Å². The number of pyridine rings is 1. The Morgan fingerprint density at radius 2 is 1.15 bits per heavy atom. The molecule has 132 valence electrons. The molecule has 0 spiro atoms. The van der Waals surface area contributed by atoms with Crippen LogP contribution in [0.4, 0.5) is 0 Å². The third-order valence-corrected chi connectivity index (χ3v) is 4.76. The summed E-state index contributed by atoms with van der Waals surface area (Å²) in [6.07, 6.45) is 1.72. The van der Waals surface area contributed by atoms with Crippen LogP contribution in [0.25, 0.3) is 5.69 Å². The molecular formula is C24H19NO2. The predicted molar refractivity (Wildman–Crippen MR) is 107 cm³/mol. The number of aromatic nitrogens is 1. The number of benzene rings is 3. The zero-order valence-electron chi connectivity index (χ0n) is 14.7. The highest BCUT2D eigenvalue weighted by Gasteiger charge is 2.36. The molecule has 0 atom stereocenters. The fraction of sp³-hybridized carbons (Fsp3) is 0.0417. The van der Waals surface area contributed by atoms with Gasteiger partial charge in [0, 0.05) is 17.8 Å². The molecule has 0 unspecified atom stereocenters. The van der Waals surface area contributed by atoms with Gasteiger partial charge in [0.1, 0.15) is 5.60 Å². The molecule has 0 aliphatic heterocycles. The topological polar surface area (TPSA) is 42.2 Å². The minimum atomic E-state index is -1.39. The molecular weight excluding hydrogens is 334 g/mol. The average molecular weight is 353 g/mol. The first-order valence-corrected chi connectivity index (χ1v) is 8.82. The average Bonchev–Trinajstić information content (AvgIpc) is 2.75. The molecule has 1 aromatic heterocycles. The number of rotatable bonds is 4. The quantitative estimate of drug-likeness (QED) is 0.561. The third kappa shape index (κ3) is 2.98. The summed E-state index contributed by atoms with van der Waals surface area (Å²) in [4.78, 5) is 12.5. The molecule has 1 N–H and O–H groups in total. The molecule has 0 fully saturated rings. The van der Waals surface area contributed by atoms with Gasteiger partial charge in [-0.2, -0.15) is 0 Å². The van der Waals surface area contributed by atoms with E-state index >= 15 is 0 Å². The second-order valence-electron chi connectivity index (χ2n) is 6.37. The predicted octanol–water partition coefficient (Wildman–Crippen LogP) is 4.12. The van der Waals surface area contributed by atoms with Crippen LogP contribution in [0.3, 0.4) is 0 Å². The van der Waals surface area contributed by atoms with E-state index in [1.165, 1.54) is 6.07 Å². The van der Waals surface area contributed by atoms with E-state index in [0.717, 1.165) is 11.1 Å². The molecule has 1 heterocycles. The number of hydrogen-bond acceptors (Lipinski definition) is 2. The second kappa shape index (κ2) is 7.06. The lowest BCUT2D eigenvalue weighted by Crippen LogP contribution is -2.31. The van der Waals surface area contributed by atoms with E-state index in [1.807, 2.05) is 91.0 Å². The van der Waals surface area contributed by atoms with E-state index in [9.17, 15) is 9.90 Å². The Morgan fingerprint density at radius 3 is 1.74 bits per heavy atom. The Balaban J connectivity index is 2.04. The van der Waals surface area contributed by atoms with E-state index in [1.54, 1.807) is 16.8 Å². The van der Waals surface area contributed by atoms with Gasteiger partial charge >= 0.3 is 0 Å². The Bertz CT molecular complexity index is 1060. The Kier molecular flexibility index (Phi) is 4.45. The minimum Gasteiger partial charge on any atom is -0.376 e. The number of aliphatic hydroxyl groups is 1. The van der Waals surface area contributed by atoms with Gasteiger partial charge in [-0.3, -0.25) is 9.36 Å². The van der Waals surface area contributed by atoms with Crippen LogP contribution in [-0.2, 0) is 5.60 Å². The third-order valence-electron chi connectivity index (χ3n) is 4.76. The lowest BCUT2D eigenvalue weighted by molar-refractivity contribution is 0.125. The molecule has 27 heavy (non-hydrogen) atoms. The zero-order valence-corrected chi connectivity index (χ0v) is 14.7. The molecule has 4 rings (SSSR count). The molecule has 0 radical (unpaired) electrons.